The van der Waals surface area contributed by atoms with Gasteiger partial charge in [-0.3, -0.25) is 4.79 Å². The van der Waals surface area contributed by atoms with Crippen LogP contribution < -0.4 is 0 Å². The SMILES string of the molecule is Cc1cnc(-c2ccccc2)n1C1CCN(C(=O)C2CCCC2)CC1. The van der Waals surface area contributed by atoms with E-state index in [9.17, 15) is 4.79 Å². The summed E-state index contributed by atoms with van der Waals surface area (Å²) >= 11 is 0. The number of hydrogen-bond donors (Lipinski definition) is 0. The van der Waals surface area contributed by atoms with Crippen molar-refractivity contribution in [1.29, 1.82) is 0 Å². The Morgan fingerprint density at radius 1 is 1.04 bits per heavy atom. The largest absolute Gasteiger partial charge is 0.342 e. The average molecular weight is 337 g/mol. The second-order valence-electron chi connectivity index (χ2n) is 7.50. The summed E-state index contributed by atoms with van der Waals surface area (Å²) in [5, 5.41) is 0. The molecular formula is C21H27N3O. The molecule has 1 aromatic heterocycles. The standard InChI is InChI=1S/C21H27N3O/c1-16-15-22-20(17-7-3-2-4-8-17)24(16)19-11-13-23(14-12-19)21(25)18-9-5-6-10-18/h2-4,7-8,15,18-19H,5-6,9-14H2,1H3. The monoisotopic (exact) mass is 337 g/mol. The lowest BCUT2D eigenvalue weighted by atomic mass is 10.0. The maximum atomic E-state index is 12.7. The Morgan fingerprint density at radius 3 is 2.40 bits per heavy atom. The number of rotatable bonds is 3. The third kappa shape index (κ3) is 3.22. The first-order chi connectivity index (χ1) is 12.2. The van der Waals surface area contributed by atoms with Crippen molar-refractivity contribution in [2.45, 2.75) is 51.5 Å². The van der Waals surface area contributed by atoms with E-state index in [4.69, 9.17) is 0 Å². The zero-order valence-electron chi connectivity index (χ0n) is 15.0. The summed E-state index contributed by atoms with van der Waals surface area (Å²) in [6.07, 6.45) is 8.65. The summed E-state index contributed by atoms with van der Waals surface area (Å²) in [4.78, 5) is 19.4. The number of nitrogens with zero attached hydrogens (tertiary/aromatic N) is 3. The number of carbonyl (C=O) groups is 1. The number of piperidine rings is 1. The van der Waals surface area contributed by atoms with Gasteiger partial charge in [0, 0.05) is 42.5 Å². The van der Waals surface area contributed by atoms with Crippen LogP contribution in [0.2, 0.25) is 0 Å². The molecule has 1 saturated heterocycles. The van der Waals surface area contributed by atoms with Gasteiger partial charge in [-0.15, -0.1) is 0 Å². The fourth-order valence-corrected chi connectivity index (χ4v) is 4.48. The number of aryl methyl sites for hydroxylation is 1. The molecule has 1 amide bonds. The number of likely N-dealkylation sites (tertiary alicyclic amines) is 1. The van der Waals surface area contributed by atoms with Crippen molar-refractivity contribution < 1.29 is 4.79 Å². The van der Waals surface area contributed by atoms with Crippen LogP contribution in [0, 0.1) is 12.8 Å². The maximum Gasteiger partial charge on any atom is 0.225 e. The van der Waals surface area contributed by atoms with Crippen LogP contribution in [0.25, 0.3) is 11.4 Å². The smallest absolute Gasteiger partial charge is 0.225 e. The van der Waals surface area contributed by atoms with Crippen molar-refractivity contribution in [1.82, 2.24) is 14.5 Å². The van der Waals surface area contributed by atoms with E-state index in [1.807, 2.05) is 12.3 Å². The number of hydrogen-bond acceptors (Lipinski definition) is 2. The summed E-state index contributed by atoms with van der Waals surface area (Å²) in [6.45, 7) is 3.90. The molecule has 2 fully saturated rings. The molecule has 0 spiro atoms. The van der Waals surface area contributed by atoms with Gasteiger partial charge in [0.2, 0.25) is 5.91 Å². The quantitative estimate of drug-likeness (QED) is 0.841. The van der Waals surface area contributed by atoms with Crippen LogP contribution in [0.5, 0.6) is 0 Å². The predicted molar refractivity (Wildman–Crippen MR) is 99.2 cm³/mol. The molecule has 0 atom stereocenters. The molecule has 2 aromatic rings. The molecule has 0 radical (unpaired) electrons. The summed E-state index contributed by atoms with van der Waals surface area (Å²) in [6, 6.07) is 10.8. The highest BCUT2D eigenvalue weighted by Crippen LogP contribution is 2.32. The number of amides is 1. The molecule has 1 saturated carbocycles. The molecule has 1 aromatic carbocycles. The molecule has 1 aliphatic heterocycles. The number of imidazole rings is 1. The molecule has 4 rings (SSSR count). The lowest BCUT2D eigenvalue weighted by molar-refractivity contribution is -0.136. The Balaban J connectivity index is 1.48. The van der Waals surface area contributed by atoms with Crippen molar-refractivity contribution in [2.75, 3.05) is 13.1 Å². The van der Waals surface area contributed by atoms with E-state index in [0.29, 0.717) is 17.9 Å². The minimum absolute atomic E-state index is 0.298. The Kier molecular flexibility index (Phi) is 4.60. The van der Waals surface area contributed by atoms with Crippen molar-refractivity contribution in [3.63, 3.8) is 0 Å². The van der Waals surface area contributed by atoms with Crippen LogP contribution in [0.1, 0.15) is 50.3 Å². The highest BCUT2D eigenvalue weighted by Gasteiger charge is 2.31. The zero-order chi connectivity index (χ0) is 17.2. The van der Waals surface area contributed by atoms with Gasteiger partial charge >= 0.3 is 0 Å². The number of benzene rings is 1. The zero-order valence-corrected chi connectivity index (χ0v) is 15.0. The van der Waals surface area contributed by atoms with Crippen molar-refractivity contribution in [3.05, 3.63) is 42.2 Å². The minimum Gasteiger partial charge on any atom is -0.342 e. The first kappa shape index (κ1) is 16.4. The fraction of sp³-hybridized carbons (Fsp3) is 0.524. The predicted octanol–water partition coefficient (Wildman–Crippen LogP) is 4.21. The molecule has 4 heteroatoms. The molecule has 25 heavy (non-hydrogen) atoms. The molecule has 0 N–H and O–H groups in total. The summed E-state index contributed by atoms with van der Waals surface area (Å²) < 4.78 is 2.38. The van der Waals surface area contributed by atoms with Crippen LogP contribution in [-0.2, 0) is 4.79 Å². The van der Waals surface area contributed by atoms with Gasteiger partial charge in [0.15, 0.2) is 0 Å². The van der Waals surface area contributed by atoms with Crippen LogP contribution >= 0.6 is 0 Å². The lowest BCUT2D eigenvalue weighted by Crippen LogP contribution is -2.41. The molecule has 2 aliphatic rings. The molecule has 4 nitrogen and oxygen atoms in total. The third-order valence-corrected chi connectivity index (χ3v) is 5.86. The van der Waals surface area contributed by atoms with Crippen molar-refractivity contribution >= 4 is 5.91 Å². The summed E-state index contributed by atoms with van der Waals surface area (Å²) in [5.41, 5.74) is 2.37. The number of carbonyl (C=O) groups excluding carboxylic acids is 1. The highest BCUT2D eigenvalue weighted by atomic mass is 16.2. The van der Waals surface area contributed by atoms with Gasteiger partial charge in [-0.2, -0.15) is 0 Å². The van der Waals surface area contributed by atoms with Crippen LogP contribution in [0.15, 0.2) is 36.5 Å². The van der Waals surface area contributed by atoms with Gasteiger partial charge < -0.3 is 9.47 Å². The van der Waals surface area contributed by atoms with E-state index in [-0.39, 0.29) is 0 Å². The van der Waals surface area contributed by atoms with Crippen LogP contribution in [0.4, 0.5) is 0 Å². The summed E-state index contributed by atoms with van der Waals surface area (Å²) in [5.74, 6) is 1.76. The van der Waals surface area contributed by atoms with Gasteiger partial charge in [0.25, 0.3) is 0 Å². The second kappa shape index (κ2) is 7.03. The Hall–Kier alpha value is -2.10. The topological polar surface area (TPSA) is 38.1 Å². The Labute approximate surface area is 149 Å². The molecule has 0 bridgehead atoms. The van der Waals surface area contributed by atoms with Gasteiger partial charge in [0.1, 0.15) is 5.82 Å². The molecule has 1 aliphatic carbocycles. The normalized spacial score (nSPS) is 19.5. The van der Waals surface area contributed by atoms with Crippen LogP contribution in [0.3, 0.4) is 0 Å². The van der Waals surface area contributed by atoms with E-state index in [1.54, 1.807) is 0 Å². The van der Waals surface area contributed by atoms with E-state index < -0.39 is 0 Å². The molecular weight excluding hydrogens is 310 g/mol. The highest BCUT2D eigenvalue weighted by molar-refractivity contribution is 5.79. The van der Waals surface area contributed by atoms with Gasteiger partial charge in [0.05, 0.1) is 0 Å². The minimum atomic E-state index is 0.298. The molecule has 2 heterocycles. The number of aromatic nitrogens is 2. The third-order valence-electron chi connectivity index (χ3n) is 5.86. The van der Waals surface area contributed by atoms with Crippen LogP contribution in [-0.4, -0.2) is 33.4 Å². The maximum absolute atomic E-state index is 12.7. The Bertz CT molecular complexity index is 723. The summed E-state index contributed by atoms with van der Waals surface area (Å²) in [7, 11) is 0. The lowest BCUT2D eigenvalue weighted by Gasteiger charge is -2.35. The first-order valence-electron chi connectivity index (χ1n) is 9.62. The van der Waals surface area contributed by atoms with Gasteiger partial charge in [-0.05, 0) is 32.6 Å². The molecule has 132 valence electrons. The van der Waals surface area contributed by atoms with Gasteiger partial charge in [-0.25, -0.2) is 4.98 Å². The fourth-order valence-electron chi connectivity index (χ4n) is 4.48. The van der Waals surface area contributed by atoms with Gasteiger partial charge in [-0.1, -0.05) is 43.2 Å². The second-order valence-corrected chi connectivity index (χ2v) is 7.50. The van der Waals surface area contributed by atoms with E-state index in [0.717, 1.165) is 44.6 Å². The first-order valence-corrected chi connectivity index (χ1v) is 9.62. The van der Waals surface area contributed by atoms with E-state index in [1.165, 1.54) is 24.1 Å². The van der Waals surface area contributed by atoms with Crippen molar-refractivity contribution in [2.24, 2.45) is 5.92 Å². The van der Waals surface area contributed by atoms with E-state index >= 15 is 0 Å². The average Bonchev–Trinajstić information content (AvgIpc) is 3.32. The van der Waals surface area contributed by atoms with E-state index in [2.05, 4.69) is 45.6 Å². The Morgan fingerprint density at radius 2 is 1.72 bits per heavy atom. The van der Waals surface area contributed by atoms with Crippen molar-refractivity contribution in [3.8, 4) is 11.4 Å². The molecule has 0 unspecified atom stereocenters.